The van der Waals surface area contributed by atoms with Gasteiger partial charge < -0.3 is 5.32 Å². The number of anilines is 1. The van der Waals surface area contributed by atoms with Gasteiger partial charge in [0.2, 0.25) is 5.91 Å². The molecule has 0 saturated carbocycles. The number of aromatic nitrogens is 1. The van der Waals surface area contributed by atoms with Crippen LogP contribution in [0.1, 0.15) is 12.8 Å². The van der Waals surface area contributed by atoms with E-state index in [4.69, 9.17) is 0 Å². The van der Waals surface area contributed by atoms with Crippen LogP contribution in [0.3, 0.4) is 0 Å². The number of nitrogens with one attached hydrogen (secondary N) is 1. The maximum absolute atomic E-state index is 13.8. The second-order valence-electron chi connectivity index (χ2n) is 6.38. The number of nitrogens with zero attached hydrogens (tertiary/aromatic N) is 2. The van der Waals surface area contributed by atoms with Crippen LogP contribution in [0, 0.1) is 17.6 Å². The SMILES string of the molecule is O=C(Nc1nc2c(F)cc(F)cc2s1)[C@@H]1CCCN(S(=O)(=O)c2cccs2)C1. The number of sulfonamides is 1. The number of piperidine rings is 1. The van der Waals surface area contributed by atoms with Gasteiger partial charge in [-0.3, -0.25) is 4.79 Å². The van der Waals surface area contributed by atoms with Gasteiger partial charge in [0.15, 0.2) is 10.9 Å². The zero-order valence-electron chi connectivity index (χ0n) is 14.4. The van der Waals surface area contributed by atoms with Gasteiger partial charge in [-0.25, -0.2) is 22.2 Å². The topological polar surface area (TPSA) is 79.4 Å². The molecule has 0 unspecified atom stereocenters. The number of hydrogen-bond acceptors (Lipinski definition) is 6. The molecule has 0 radical (unpaired) electrons. The van der Waals surface area contributed by atoms with Crippen molar-refractivity contribution in [2.75, 3.05) is 18.4 Å². The van der Waals surface area contributed by atoms with E-state index in [2.05, 4.69) is 10.3 Å². The van der Waals surface area contributed by atoms with Crippen molar-refractivity contribution in [1.82, 2.24) is 9.29 Å². The van der Waals surface area contributed by atoms with Gasteiger partial charge in [-0.2, -0.15) is 4.31 Å². The van der Waals surface area contributed by atoms with Crippen molar-refractivity contribution < 1.29 is 22.0 Å². The first kappa shape index (κ1) is 19.4. The van der Waals surface area contributed by atoms with E-state index in [9.17, 15) is 22.0 Å². The first-order valence-electron chi connectivity index (χ1n) is 8.45. The van der Waals surface area contributed by atoms with Gasteiger partial charge in [-0.1, -0.05) is 17.4 Å². The molecule has 11 heteroatoms. The fourth-order valence-electron chi connectivity index (χ4n) is 3.13. The van der Waals surface area contributed by atoms with Crippen LogP contribution in [0.2, 0.25) is 0 Å². The lowest BCUT2D eigenvalue weighted by molar-refractivity contribution is -0.120. The largest absolute Gasteiger partial charge is 0.302 e. The number of thiazole rings is 1. The molecule has 1 fully saturated rings. The maximum atomic E-state index is 13.8. The molecule has 1 aromatic carbocycles. The molecule has 2 aromatic heterocycles. The number of hydrogen-bond donors (Lipinski definition) is 1. The zero-order valence-corrected chi connectivity index (χ0v) is 16.8. The molecule has 28 heavy (non-hydrogen) atoms. The molecule has 1 aliphatic heterocycles. The van der Waals surface area contributed by atoms with Gasteiger partial charge in [0.25, 0.3) is 10.0 Å². The summed E-state index contributed by atoms with van der Waals surface area (Å²) in [6, 6.07) is 5.10. The molecule has 6 nitrogen and oxygen atoms in total. The van der Waals surface area contributed by atoms with Gasteiger partial charge in [-0.05, 0) is 30.4 Å². The lowest BCUT2D eigenvalue weighted by atomic mass is 9.99. The average molecular weight is 444 g/mol. The fraction of sp³-hybridized carbons (Fsp3) is 0.294. The molecule has 1 aliphatic rings. The summed E-state index contributed by atoms with van der Waals surface area (Å²) >= 11 is 2.11. The zero-order chi connectivity index (χ0) is 19.9. The van der Waals surface area contributed by atoms with Crippen molar-refractivity contribution in [1.29, 1.82) is 0 Å². The Bertz CT molecular complexity index is 1130. The average Bonchev–Trinajstić information content (AvgIpc) is 3.32. The molecule has 3 aromatic rings. The van der Waals surface area contributed by atoms with Crippen LogP contribution < -0.4 is 5.32 Å². The monoisotopic (exact) mass is 443 g/mol. The summed E-state index contributed by atoms with van der Waals surface area (Å²) in [5, 5.41) is 4.46. The number of amides is 1. The molecule has 1 N–H and O–H groups in total. The van der Waals surface area contributed by atoms with Crippen LogP contribution in [0.5, 0.6) is 0 Å². The minimum absolute atomic E-state index is 0.00718. The predicted molar refractivity (Wildman–Crippen MR) is 104 cm³/mol. The Morgan fingerprint density at radius 2 is 2.14 bits per heavy atom. The standard InChI is InChI=1S/C17H15F2N3O3S3/c18-11-7-12(19)15-13(8-11)27-17(20-15)21-16(23)10-3-1-5-22(9-10)28(24,25)14-4-2-6-26-14/h2,4,6-8,10H,1,3,5,9H2,(H,20,21,23)/t10-/m1/s1. The molecule has 1 amide bonds. The van der Waals surface area contributed by atoms with Crippen molar-refractivity contribution in [2.24, 2.45) is 5.92 Å². The highest BCUT2D eigenvalue weighted by molar-refractivity contribution is 7.91. The summed E-state index contributed by atoms with van der Waals surface area (Å²) in [7, 11) is -3.62. The van der Waals surface area contributed by atoms with Gasteiger partial charge >= 0.3 is 0 Å². The third-order valence-corrected chi connectivity index (χ3v) is 8.64. The van der Waals surface area contributed by atoms with Crippen molar-refractivity contribution in [3.8, 4) is 0 Å². The van der Waals surface area contributed by atoms with Gasteiger partial charge in [0.05, 0.1) is 10.6 Å². The van der Waals surface area contributed by atoms with Crippen molar-refractivity contribution in [3.63, 3.8) is 0 Å². The molecule has 3 heterocycles. The highest BCUT2D eigenvalue weighted by Crippen LogP contribution is 2.30. The van der Waals surface area contributed by atoms with Crippen molar-refractivity contribution in [2.45, 2.75) is 17.1 Å². The minimum atomic E-state index is -3.62. The Hall–Kier alpha value is -1.95. The normalized spacial score (nSPS) is 18.4. The van der Waals surface area contributed by atoms with Crippen LogP contribution in [-0.4, -0.2) is 36.7 Å². The number of rotatable bonds is 4. The Labute approximate surface area is 167 Å². The first-order valence-corrected chi connectivity index (χ1v) is 11.6. The third-order valence-electron chi connectivity index (χ3n) is 4.49. The summed E-state index contributed by atoms with van der Waals surface area (Å²) in [6.07, 6.45) is 1.10. The molecule has 4 rings (SSSR count). The van der Waals surface area contributed by atoms with Crippen LogP contribution in [0.25, 0.3) is 10.2 Å². The Balaban J connectivity index is 1.50. The van der Waals surface area contributed by atoms with Crippen LogP contribution >= 0.6 is 22.7 Å². The Kier molecular flexibility index (Phi) is 5.17. The Morgan fingerprint density at radius 1 is 1.32 bits per heavy atom. The highest BCUT2D eigenvalue weighted by atomic mass is 32.2. The van der Waals surface area contributed by atoms with Crippen molar-refractivity contribution in [3.05, 3.63) is 41.3 Å². The fourth-order valence-corrected chi connectivity index (χ4v) is 6.71. The van der Waals surface area contributed by atoms with E-state index >= 15 is 0 Å². The van der Waals surface area contributed by atoms with E-state index in [1.165, 1.54) is 4.31 Å². The van der Waals surface area contributed by atoms with Gasteiger partial charge in [0.1, 0.15) is 15.5 Å². The van der Waals surface area contributed by atoms with E-state index < -0.39 is 27.6 Å². The summed E-state index contributed by atoms with van der Waals surface area (Å²) in [6.45, 7) is 0.426. The molecule has 148 valence electrons. The van der Waals surface area contributed by atoms with Crippen LogP contribution in [-0.2, 0) is 14.8 Å². The van der Waals surface area contributed by atoms with Gasteiger partial charge in [0, 0.05) is 19.2 Å². The van der Waals surface area contributed by atoms with Crippen LogP contribution in [0.4, 0.5) is 13.9 Å². The molecule has 0 spiro atoms. The lowest BCUT2D eigenvalue weighted by Crippen LogP contribution is -2.43. The smallest absolute Gasteiger partial charge is 0.252 e. The van der Waals surface area contributed by atoms with Crippen LogP contribution in [0.15, 0.2) is 33.9 Å². The summed E-state index contributed by atoms with van der Waals surface area (Å²) in [4.78, 5) is 16.6. The summed E-state index contributed by atoms with van der Waals surface area (Å²) in [5.41, 5.74) is -0.00718. The number of thiophene rings is 1. The Morgan fingerprint density at radius 3 is 2.89 bits per heavy atom. The lowest BCUT2D eigenvalue weighted by Gasteiger charge is -2.30. The second-order valence-corrected chi connectivity index (χ2v) is 10.5. The van der Waals surface area contributed by atoms with Gasteiger partial charge in [-0.15, -0.1) is 11.3 Å². The van der Waals surface area contributed by atoms with E-state index in [0.29, 0.717) is 24.1 Å². The van der Waals surface area contributed by atoms with E-state index in [1.54, 1.807) is 17.5 Å². The molecular formula is C17H15F2N3O3S3. The molecule has 0 bridgehead atoms. The van der Waals surface area contributed by atoms with Crippen molar-refractivity contribution >= 4 is 54.0 Å². The number of carbonyl (C=O) groups is 1. The summed E-state index contributed by atoms with van der Waals surface area (Å²) in [5.74, 6) is -2.44. The van der Waals surface area contributed by atoms with E-state index in [0.717, 1.165) is 34.8 Å². The number of carbonyl (C=O) groups excluding carboxylic acids is 1. The second kappa shape index (κ2) is 7.47. The van der Waals surface area contributed by atoms with E-state index in [-0.39, 0.29) is 27.3 Å². The summed E-state index contributed by atoms with van der Waals surface area (Å²) < 4.78 is 54.3. The quantitative estimate of drug-likeness (QED) is 0.667. The number of fused-ring (bicyclic) bond motifs is 1. The number of halogens is 2. The molecular weight excluding hydrogens is 428 g/mol. The van der Waals surface area contributed by atoms with E-state index in [1.807, 2.05) is 0 Å². The third kappa shape index (κ3) is 3.66. The molecule has 1 saturated heterocycles. The predicted octanol–water partition coefficient (Wildman–Crippen LogP) is 3.68. The first-order chi connectivity index (χ1) is 13.3. The number of benzene rings is 1. The molecule has 0 aliphatic carbocycles. The highest BCUT2D eigenvalue weighted by Gasteiger charge is 2.34. The maximum Gasteiger partial charge on any atom is 0.252 e. The molecule has 1 atom stereocenters. The minimum Gasteiger partial charge on any atom is -0.302 e.